The van der Waals surface area contributed by atoms with Crippen molar-refractivity contribution in [2.75, 3.05) is 11.4 Å². The summed E-state index contributed by atoms with van der Waals surface area (Å²) in [6.07, 6.45) is 2.11. The van der Waals surface area contributed by atoms with Crippen molar-refractivity contribution in [3.63, 3.8) is 0 Å². The molecule has 1 aliphatic heterocycles. The summed E-state index contributed by atoms with van der Waals surface area (Å²) >= 11 is 0. The molecule has 2 aromatic rings. The third kappa shape index (κ3) is 3.78. The van der Waals surface area contributed by atoms with Crippen LogP contribution in [-0.4, -0.2) is 23.7 Å². The van der Waals surface area contributed by atoms with E-state index in [1.165, 1.54) is 16.7 Å². The monoisotopic (exact) mass is 323 g/mol. The van der Waals surface area contributed by atoms with E-state index in [0.29, 0.717) is 5.92 Å². The zero-order valence-electron chi connectivity index (χ0n) is 14.4. The zero-order chi connectivity index (χ0) is 17.1. The van der Waals surface area contributed by atoms with Crippen molar-refractivity contribution in [1.29, 1.82) is 0 Å². The molecule has 2 atom stereocenters. The van der Waals surface area contributed by atoms with Crippen molar-refractivity contribution in [2.24, 2.45) is 5.92 Å². The van der Waals surface area contributed by atoms with Gasteiger partial charge in [0.05, 0.1) is 6.42 Å². The summed E-state index contributed by atoms with van der Waals surface area (Å²) in [6.45, 7) is 5.28. The van der Waals surface area contributed by atoms with Gasteiger partial charge in [0.1, 0.15) is 0 Å². The molecule has 0 amide bonds. The van der Waals surface area contributed by atoms with E-state index in [1.807, 2.05) is 0 Å². The lowest BCUT2D eigenvalue weighted by Gasteiger charge is -2.26. The van der Waals surface area contributed by atoms with Crippen molar-refractivity contribution < 1.29 is 9.90 Å². The second-order valence-corrected chi connectivity index (χ2v) is 7.01. The standard InChI is InChI=1S/C21H25NO2/c1-15-11-20(13-21(23)24)22(14-15)19-9-7-17(8-10-19)12-18-6-4-3-5-16(18)2/h3-10,15,20H,11-14H2,1-2H3,(H,23,24)/t15-,20-/m0/s1. The lowest BCUT2D eigenvalue weighted by molar-refractivity contribution is -0.137. The van der Waals surface area contributed by atoms with Crippen LogP contribution in [0.3, 0.4) is 0 Å². The van der Waals surface area contributed by atoms with E-state index < -0.39 is 5.97 Å². The van der Waals surface area contributed by atoms with E-state index >= 15 is 0 Å². The Kier molecular flexibility index (Phi) is 4.89. The summed E-state index contributed by atoms with van der Waals surface area (Å²) in [4.78, 5) is 13.4. The second kappa shape index (κ2) is 7.08. The lowest BCUT2D eigenvalue weighted by atomic mass is 10.0. The van der Waals surface area contributed by atoms with Crippen molar-refractivity contribution >= 4 is 11.7 Å². The highest BCUT2D eigenvalue weighted by molar-refractivity contribution is 5.69. The molecule has 3 nitrogen and oxygen atoms in total. The Bertz CT molecular complexity index is 708. The molecule has 0 radical (unpaired) electrons. The highest BCUT2D eigenvalue weighted by Crippen LogP contribution is 2.31. The molecule has 2 aromatic carbocycles. The zero-order valence-corrected chi connectivity index (χ0v) is 14.4. The quantitative estimate of drug-likeness (QED) is 0.893. The van der Waals surface area contributed by atoms with Crippen molar-refractivity contribution in [2.45, 2.75) is 39.2 Å². The van der Waals surface area contributed by atoms with Gasteiger partial charge in [-0.05, 0) is 54.5 Å². The largest absolute Gasteiger partial charge is 0.481 e. The molecule has 1 N–H and O–H groups in total. The average molecular weight is 323 g/mol. The summed E-state index contributed by atoms with van der Waals surface area (Å²) in [6, 6.07) is 17.2. The van der Waals surface area contributed by atoms with Crippen molar-refractivity contribution in [3.05, 3.63) is 65.2 Å². The highest BCUT2D eigenvalue weighted by Gasteiger charge is 2.31. The van der Waals surface area contributed by atoms with Crippen LogP contribution < -0.4 is 4.90 Å². The SMILES string of the molecule is Cc1ccccc1Cc1ccc(N2C[C@@H](C)C[C@H]2CC(=O)O)cc1. The maximum Gasteiger partial charge on any atom is 0.305 e. The molecule has 0 aromatic heterocycles. The molecule has 3 heteroatoms. The van der Waals surface area contributed by atoms with Gasteiger partial charge in [0.25, 0.3) is 0 Å². The molecule has 1 heterocycles. The van der Waals surface area contributed by atoms with Gasteiger partial charge in [0, 0.05) is 18.3 Å². The van der Waals surface area contributed by atoms with Crippen LogP contribution in [0.1, 0.15) is 36.5 Å². The summed E-state index contributed by atoms with van der Waals surface area (Å²) in [7, 11) is 0. The fourth-order valence-electron chi connectivity index (χ4n) is 3.70. The van der Waals surface area contributed by atoms with Crippen molar-refractivity contribution in [1.82, 2.24) is 0 Å². The average Bonchev–Trinajstić information content (AvgIpc) is 2.90. The van der Waals surface area contributed by atoms with Crippen LogP contribution in [0.15, 0.2) is 48.5 Å². The Morgan fingerprint density at radius 3 is 2.54 bits per heavy atom. The van der Waals surface area contributed by atoms with E-state index in [4.69, 9.17) is 5.11 Å². The fourth-order valence-corrected chi connectivity index (χ4v) is 3.70. The second-order valence-electron chi connectivity index (χ2n) is 7.01. The van der Waals surface area contributed by atoms with E-state index in [9.17, 15) is 4.79 Å². The number of benzene rings is 2. The first-order valence-electron chi connectivity index (χ1n) is 8.65. The number of rotatable bonds is 5. The Morgan fingerprint density at radius 2 is 1.88 bits per heavy atom. The highest BCUT2D eigenvalue weighted by atomic mass is 16.4. The summed E-state index contributed by atoms with van der Waals surface area (Å²) in [5.41, 5.74) is 5.09. The number of carboxylic acids is 1. The molecule has 3 rings (SSSR count). The van der Waals surface area contributed by atoms with E-state index in [0.717, 1.165) is 25.1 Å². The minimum atomic E-state index is -0.713. The predicted octanol–water partition coefficient (Wildman–Crippen LogP) is 4.28. The third-order valence-electron chi connectivity index (χ3n) is 4.96. The maximum atomic E-state index is 11.1. The van der Waals surface area contributed by atoms with Crippen LogP contribution in [0.5, 0.6) is 0 Å². The molecular formula is C21H25NO2. The number of nitrogens with zero attached hydrogens (tertiary/aromatic N) is 1. The number of aliphatic carboxylic acids is 1. The predicted molar refractivity (Wildman–Crippen MR) is 97.6 cm³/mol. The molecule has 1 aliphatic rings. The van der Waals surface area contributed by atoms with Crippen LogP contribution in [0.4, 0.5) is 5.69 Å². The minimum Gasteiger partial charge on any atom is -0.481 e. The molecule has 0 bridgehead atoms. The van der Waals surface area contributed by atoms with Crippen molar-refractivity contribution in [3.8, 4) is 0 Å². The summed E-state index contributed by atoms with van der Waals surface area (Å²) in [5, 5.41) is 9.13. The molecule has 0 unspecified atom stereocenters. The minimum absolute atomic E-state index is 0.111. The molecule has 126 valence electrons. The molecular weight excluding hydrogens is 298 g/mol. The molecule has 0 saturated carbocycles. The maximum absolute atomic E-state index is 11.1. The Balaban J connectivity index is 1.74. The molecule has 0 aliphatic carbocycles. The number of aryl methyl sites for hydroxylation is 1. The Morgan fingerprint density at radius 1 is 1.17 bits per heavy atom. The smallest absolute Gasteiger partial charge is 0.305 e. The van der Waals surface area contributed by atoms with Crippen LogP contribution >= 0.6 is 0 Å². The first kappa shape index (κ1) is 16.6. The van der Waals surface area contributed by atoms with Gasteiger partial charge in [-0.2, -0.15) is 0 Å². The molecule has 1 saturated heterocycles. The molecule has 0 spiro atoms. The Labute approximate surface area is 143 Å². The fraction of sp³-hybridized carbons (Fsp3) is 0.381. The van der Waals surface area contributed by atoms with Gasteiger partial charge < -0.3 is 10.0 Å². The molecule has 24 heavy (non-hydrogen) atoms. The topological polar surface area (TPSA) is 40.5 Å². The van der Waals surface area contributed by atoms with Crippen LogP contribution in [-0.2, 0) is 11.2 Å². The van der Waals surface area contributed by atoms with Gasteiger partial charge in [-0.1, -0.05) is 43.3 Å². The number of hydrogen-bond donors (Lipinski definition) is 1. The number of hydrogen-bond acceptors (Lipinski definition) is 2. The van der Waals surface area contributed by atoms with Gasteiger partial charge in [0.15, 0.2) is 0 Å². The Hall–Kier alpha value is -2.29. The van der Waals surface area contributed by atoms with Crippen LogP contribution in [0.2, 0.25) is 0 Å². The van der Waals surface area contributed by atoms with Gasteiger partial charge in [-0.15, -0.1) is 0 Å². The van der Waals surface area contributed by atoms with Gasteiger partial charge in [-0.25, -0.2) is 0 Å². The van der Waals surface area contributed by atoms with Crippen LogP contribution in [0, 0.1) is 12.8 Å². The normalized spacial score (nSPS) is 20.3. The van der Waals surface area contributed by atoms with Gasteiger partial charge in [-0.3, -0.25) is 4.79 Å². The third-order valence-corrected chi connectivity index (χ3v) is 4.96. The number of carboxylic acid groups (broad SMARTS) is 1. The van der Waals surface area contributed by atoms with Crippen LogP contribution in [0.25, 0.3) is 0 Å². The molecule has 1 fully saturated rings. The lowest BCUT2D eigenvalue weighted by Crippen LogP contribution is -2.31. The summed E-state index contributed by atoms with van der Waals surface area (Å²) < 4.78 is 0. The van der Waals surface area contributed by atoms with Gasteiger partial charge >= 0.3 is 5.97 Å². The van der Waals surface area contributed by atoms with E-state index in [1.54, 1.807) is 0 Å². The first-order chi connectivity index (χ1) is 11.5. The van der Waals surface area contributed by atoms with E-state index in [2.05, 4.69) is 67.3 Å². The number of carbonyl (C=O) groups is 1. The summed E-state index contributed by atoms with van der Waals surface area (Å²) in [5.74, 6) is -0.170. The van der Waals surface area contributed by atoms with Gasteiger partial charge in [0.2, 0.25) is 0 Å². The number of anilines is 1. The first-order valence-corrected chi connectivity index (χ1v) is 8.65. The van der Waals surface area contributed by atoms with E-state index in [-0.39, 0.29) is 12.5 Å².